The van der Waals surface area contributed by atoms with Gasteiger partial charge in [0.15, 0.2) is 0 Å². The smallest absolute Gasteiger partial charge is 0.0194 e. The Kier molecular flexibility index (Phi) is 2.14. The van der Waals surface area contributed by atoms with E-state index in [2.05, 4.69) is 38.2 Å². The Labute approximate surface area is 105 Å². The van der Waals surface area contributed by atoms with Gasteiger partial charge < -0.3 is 0 Å². The van der Waals surface area contributed by atoms with Gasteiger partial charge >= 0.3 is 0 Å². The molecule has 0 nitrogen and oxygen atoms in total. The Morgan fingerprint density at radius 3 is 2.47 bits per heavy atom. The monoisotopic (exact) mass is 228 g/mol. The molecule has 0 amide bonds. The van der Waals surface area contributed by atoms with Crippen molar-refractivity contribution in [2.45, 2.75) is 33.1 Å². The molecule has 0 aliphatic heterocycles. The van der Waals surface area contributed by atoms with Crippen LogP contribution >= 0.6 is 0 Å². The molecule has 0 aromatic carbocycles. The van der Waals surface area contributed by atoms with Gasteiger partial charge in [0.2, 0.25) is 0 Å². The minimum absolute atomic E-state index is 0.973. The zero-order valence-electron chi connectivity index (χ0n) is 11.0. The largest absolute Gasteiger partial charge is 0.0917 e. The average Bonchev–Trinajstić information content (AvgIpc) is 3.04. The van der Waals surface area contributed by atoms with Gasteiger partial charge in [-0.2, -0.15) is 0 Å². The summed E-state index contributed by atoms with van der Waals surface area (Å²) in [7, 11) is 0. The average molecular weight is 228 g/mol. The molecule has 0 spiro atoms. The lowest BCUT2D eigenvalue weighted by Gasteiger charge is -2.40. The van der Waals surface area contributed by atoms with Gasteiger partial charge in [-0.05, 0) is 73.5 Å². The fourth-order valence-corrected chi connectivity index (χ4v) is 6.15. The van der Waals surface area contributed by atoms with Crippen LogP contribution in [0.5, 0.6) is 0 Å². The molecule has 0 aromatic rings. The molecular weight excluding hydrogens is 204 g/mol. The van der Waals surface area contributed by atoms with Crippen LogP contribution in [0.3, 0.4) is 0 Å². The predicted molar refractivity (Wildman–Crippen MR) is 71.4 cm³/mol. The van der Waals surface area contributed by atoms with Crippen LogP contribution in [-0.2, 0) is 0 Å². The molecule has 4 aliphatic rings. The normalized spacial score (nSPS) is 58.5. The first-order valence-corrected chi connectivity index (χ1v) is 7.60. The molecule has 8 unspecified atom stereocenters. The van der Waals surface area contributed by atoms with E-state index in [1.54, 1.807) is 6.42 Å². The van der Waals surface area contributed by atoms with Crippen LogP contribution in [0.4, 0.5) is 0 Å². The molecular formula is C17H24. The van der Waals surface area contributed by atoms with Crippen molar-refractivity contribution in [1.82, 2.24) is 0 Å². The summed E-state index contributed by atoms with van der Waals surface area (Å²) in [6, 6.07) is 0. The summed E-state index contributed by atoms with van der Waals surface area (Å²) in [4.78, 5) is 0. The van der Waals surface area contributed by atoms with Crippen LogP contribution in [0.15, 0.2) is 24.3 Å². The van der Waals surface area contributed by atoms with Crippen molar-refractivity contribution in [3.05, 3.63) is 24.3 Å². The molecule has 0 saturated heterocycles. The number of hydrogen-bond donors (Lipinski definition) is 0. The molecule has 4 bridgehead atoms. The van der Waals surface area contributed by atoms with E-state index >= 15 is 0 Å². The molecule has 8 atom stereocenters. The maximum atomic E-state index is 2.56. The second-order valence-electron chi connectivity index (χ2n) is 6.99. The second kappa shape index (κ2) is 3.49. The summed E-state index contributed by atoms with van der Waals surface area (Å²) in [5, 5.41) is 0. The topological polar surface area (TPSA) is 0 Å². The fourth-order valence-electron chi connectivity index (χ4n) is 6.15. The van der Waals surface area contributed by atoms with Gasteiger partial charge in [0.05, 0.1) is 0 Å². The van der Waals surface area contributed by atoms with Crippen LogP contribution in [0, 0.1) is 47.3 Å². The Balaban J connectivity index is 1.63. The lowest BCUT2D eigenvalue weighted by molar-refractivity contribution is 0.0991. The van der Waals surface area contributed by atoms with Gasteiger partial charge in [-0.3, -0.25) is 0 Å². The molecule has 0 heterocycles. The summed E-state index contributed by atoms with van der Waals surface area (Å²) in [6.45, 7) is 4.71. The van der Waals surface area contributed by atoms with Crippen LogP contribution in [0.2, 0.25) is 0 Å². The highest BCUT2D eigenvalue weighted by Crippen LogP contribution is 2.69. The third-order valence-electron chi connectivity index (χ3n) is 6.66. The first-order valence-electron chi connectivity index (χ1n) is 7.60. The maximum absolute atomic E-state index is 2.56. The highest BCUT2D eigenvalue weighted by Gasteiger charge is 2.62. The number of hydrogen-bond acceptors (Lipinski definition) is 0. The quantitative estimate of drug-likeness (QED) is 0.488. The Morgan fingerprint density at radius 2 is 1.76 bits per heavy atom. The number of allylic oxidation sites excluding steroid dienone is 4. The molecule has 4 aliphatic carbocycles. The van der Waals surface area contributed by atoms with Crippen LogP contribution in [0.25, 0.3) is 0 Å². The van der Waals surface area contributed by atoms with E-state index in [9.17, 15) is 0 Å². The molecule has 0 N–H and O–H groups in total. The number of fused-ring (bicyclic) bond motifs is 9. The third-order valence-corrected chi connectivity index (χ3v) is 6.66. The van der Waals surface area contributed by atoms with Crippen LogP contribution in [0.1, 0.15) is 33.1 Å². The molecule has 0 aromatic heterocycles. The van der Waals surface area contributed by atoms with E-state index in [4.69, 9.17) is 0 Å². The van der Waals surface area contributed by atoms with Gasteiger partial charge in [0.25, 0.3) is 0 Å². The van der Waals surface area contributed by atoms with E-state index in [0.717, 1.165) is 47.3 Å². The van der Waals surface area contributed by atoms with Crippen molar-refractivity contribution in [1.29, 1.82) is 0 Å². The highest BCUT2D eigenvalue weighted by molar-refractivity contribution is 5.21. The first-order chi connectivity index (χ1) is 8.31. The van der Waals surface area contributed by atoms with Crippen molar-refractivity contribution in [2.24, 2.45) is 47.3 Å². The van der Waals surface area contributed by atoms with Gasteiger partial charge in [0.1, 0.15) is 0 Å². The third kappa shape index (κ3) is 1.20. The molecule has 17 heavy (non-hydrogen) atoms. The number of rotatable bonds is 2. The van der Waals surface area contributed by atoms with Gasteiger partial charge in [-0.25, -0.2) is 0 Å². The molecule has 0 radical (unpaired) electrons. The van der Waals surface area contributed by atoms with Crippen molar-refractivity contribution in [3.8, 4) is 0 Å². The van der Waals surface area contributed by atoms with Gasteiger partial charge in [-0.1, -0.05) is 31.2 Å². The maximum Gasteiger partial charge on any atom is -0.0194 e. The van der Waals surface area contributed by atoms with Crippen LogP contribution in [-0.4, -0.2) is 0 Å². The minimum Gasteiger partial charge on any atom is -0.0917 e. The molecule has 3 fully saturated rings. The Bertz CT molecular complexity index is 377. The van der Waals surface area contributed by atoms with E-state index in [1.807, 2.05) is 0 Å². The molecule has 3 saturated carbocycles. The minimum atomic E-state index is 0.973. The van der Waals surface area contributed by atoms with Crippen molar-refractivity contribution < 1.29 is 0 Å². The van der Waals surface area contributed by atoms with Crippen molar-refractivity contribution in [3.63, 3.8) is 0 Å². The fraction of sp³-hybridized carbons (Fsp3) is 0.765. The van der Waals surface area contributed by atoms with E-state index in [-0.39, 0.29) is 0 Å². The standard InChI is InChI=1S/C17H24/c1-3-4-5-13-10(2)14-9-15(13)17-12-7-6-11(8-12)16(14)17/h3-4,6-7,10-17H,5,8-9H2,1-2H3. The van der Waals surface area contributed by atoms with Crippen LogP contribution < -0.4 is 0 Å². The van der Waals surface area contributed by atoms with Crippen molar-refractivity contribution >= 4 is 0 Å². The summed E-state index contributed by atoms with van der Waals surface area (Å²) in [5.74, 6) is 8.26. The summed E-state index contributed by atoms with van der Waals surface area (Å²) < 4.78 is 0. The lowest BCUT2D eigenvalue weighted by Crippen LogP contribution is -2.35. The van der Waals surface area contributed by atoms with Gasteiger partial charge in [-0.15, -0.1) is 0 Å². The van der Waals surface area contributed by atoms with E-state index in [0.29, 0.717) is 0 Å². The highest BCUT2D eigenvalue weighted by atomic mass is 14.7. The Morgan fingerprint density at radius 1 is 1.06 bits per heavy atom. The zero-order chi connectivity index (χ0) is 11.6. The second-order valence-corrected chi connectivity index (χ2v) is 6.99. The zero-order valence-corrected chi connectivity index (χ0v) is 11.0. The summed E-state index contributed by atoms with van der Waals surface area (Å²) in [6.07, 6.45) is 14.2. The molecule has 0 heteroatoms. The Hall–Kier alpha value is -0.520. The predicted octanol–water partition coefficient (Wildman–Crippen LogP) is 4.29. The first kappa shape index (κ1) is 10.4. The summed E-state index contributed by atoms with van der Waals surface area (Å²) >= 11 is 0. The van der Waals surface area contributed by atoms with Gasteiger partial charge in [0, 0.05) is 0 Å². The SMILES string of the molecule is CC=CCC1C(C)C2CC1C1C3C=CC(C3)C21. The van der Waals surface area contributed by atoms with Crippen molar-refractivity contribution in [2.75, 3.05) is 0 Å². The van der Waals surface area contributed by atoms with E-state index in [1.165, 1.54) is 12.8 Å². The summed E-state index contributed by atoms with van der Waals surface area (Å²) in [5.41, 5.74) is 0. The van der Waals surface area contributed by atoms with E-state index < -0.39 is 0 Å². The molecule has 4 rings (SSSR count). The molecule has 92 valence electrons. The lowest BCUT2D eigenvalue weighted by atomic mass is 9.64.